The molecule has 41 heavy (non-hydrogen) atoms. The zero-order valence-electron chi connectivity index (χ0n) is 22.4. The molecule has 8 heteroatoms. The Hall–Kier alpha value is -5.37. The maximum Gasteiger partial charge on any atom is 0.335 e. The van der Waals surface area contributed by atoms with Gasteiger partial charge in [0.05, 0.1) is 23.5 Å². The van der Waals surface area contributed by atoms with Gasteiger partial charge in [-0.2, -0.15) is 0 Å². The van der Waals surface area contributed by atoms with Gasteiger partial charge in [0.25, 0.3) is 0 Å². The first-order valence-corrected chi connectivity index (χ1v) is 13.3. The number of carbonyl (C=O) groups is 2. The summed E-state index contributed by atoms with van der Waals surface area (Å²) in [4.78, 5) is 40.5. The van der Waals surface area contributed by atoms with Crippen molar-refractivity contribution in [1.29, 1.82) is 0 Å². The second kappa shape index (κ2) is 11.0. The summed E-state index contributed by atoms with van der Waals surface area (Å²) in [7, 11) is 0. The summed E-state index contributed by atoms with van der Waals surface area (Å²) in [6.07, 6.45) is 4.10. The first kappa shape index (κ1) is 25.9. The Morgan fingerprint density at radius 2 is 1.68 bits per heavy atom. The van der Waals surface area contributed by atoms with Crippen molar-refractivity contribution >= 4 is 17.7 Å². The molecule has 0 aliphatic carbocycles. The molecule has 3 heterocycles. The van der Waals surface area contributed by atoms with Gasteiger partial charge < -0.3 is 15.3 Å². The Morgan fingerprint density at radius 1 is 0.878 bits per heavy atom. The number of aryl methyl sites for hydroxylation is 1. The highest BCUT2D eigenvalue weighted by Crippen LogP contribution is 2.33. The molecule has 202 valence electrons. The number of rotatable bonds is 5. The standard InChI is InChI=1S/C33H27N5O3/c1-21-6-2-3-10-27(21)30-28-20-38(17-15-29(28)36-31(37-30)25-8-5-16-34-19-25)33(41)35-26-9-4-7-24(18-26)22-11-13-23(14-12-22)32(39)40/h2-14,16,18-19H,15,17,20H2,1H3,(H,35,41)(H,39,40). The van der Waals surface area contributed by atoms with Crippen LogP contribution in [0.1, 0.15) is 27.2 Å². The van der Waals surface area contributed by atoms with E-state index in [1.165, 1.54) is 0 Å². The van der Waals surface area contributed by atoms with Crippen LogP contribution in [0.15, 0.2) is 97.3 Å². The predicted octanol–water partition coefficient (Wildman–Crippen LogP) is 6.47. The summed E-state index contributed by atoms with van der Waals surface area (Å²) in [6.45, 7) is 2.96. The lowest BCUT2D eigenvalue weighted by Crippen LogP contribution is -2.39. The SMILES string of the molecule is Cc1ccccc1-c1nc(-c2cccnc2)nc2c1CN(C(=O)Nc1cccc(-c3ccc(C(=O)O)cc3)c1)CC2. The van der Waals surface area contributed by atoms with Crippen molar-refractivity contribution in [1.82, 2.24) is 19.9 Å². The number of fused-ring (bicyclic) bond motifs is 1. The lowest BCUT2D eigenvalue weighted by molar-refractivity contribution is 0.0697. The van der Waals surface area contributed by atoms with Gasteiger partial charge in [-0.15, -0.1) is 0 Å². The fourth-order valence-electron chi connectivity index (χ4n) is 5.06. The van der Waals surface area contributed by atoms with Gasteiger partial charge in [0.15, 0.2) is 5.82 Å². The number of aromatic carboxylic acids is 1. The topological polar surface area (TPSA) is 108 Å². The van der Waals surface area contributed by atoms with Crippen LogP contribution in [0, 0.1) is 6.92 Å². The molecule has 2 amide bonds. The van der Waals surface area contributed by atoms with Crippen LogP contribution < -0.4 is 5.32 Å². The average Bonchev–Trinajstić information content (AvgIpc) is 3.01. The lowest BCUT2D eigenvalue weighted by atomic mass is 9.96. The molecule has 0 atom stereocenters. The van der Waals surface area contributed by atoms with Gasteiger partial charge in [-0.1, -0.05) is 48.5 Å². The number of hydrogen-bond donors (Lipinski definition) is 2. The summed E-state index contributed by atoms with van der Waals surface area (Å²) in [5, 5.41) is 12.2. The number of nitrogens with one attached hydrogen (secondary N) is 1. The Bertz CT molecular complexity index is 1750. The summed E-state index contributed by atoms with van der Waals surface area (Å²) in [6, 6.07) is 25.9. The third kappa shape index (κ3) is 5.40. The molecule has 0 saturated carbocycles. The molecule has 0 spiro atoms. The zero-order chi connectivity index (χ0) is 28.3. The summed E-state index contributed by atoms with van der Waals surface area (Å²) in [5.41, 5.74) is 8.30. The highest BCUT2D eigenvalue weighted by molar-refractivity contribution is 5.91. The van der Waals surface area contributed by atoms with Gasteiger partial charge in [0, 0.05) is 47.7 Å². The smallest absolute Gasteiger partial charge is 0.335 e. The first-order chi connectivity index (χ1) is 20.0. The number of aromatic nitrogens is 3. The van der Waals surface area contributed by atoms with E-state index < -0.39 is 5.97 Å². The molecule has 2 aromatic heterocycles. The number of amides is 2. The molecule has 0 fully saturated rings. The molecular formula is C33H27N5O3. The Kier molecular flexibility index (Phi) is 6.95. The van der Waals surface area contributed by atoms with Gasteiger partial charge in [-0.3, -0.25) is 4.98 Å². The van der Waals surface area contributed by atoms with Crippen molar-refractivity contribution in [2.45, 2.75) is 19.9 Å². The minimum Gasteiger partial charge on any atom is -0.478 e. The van der Waals surface area contributed by atoms with E-state index in [0.717, 1.165) is 44.8 Å². The number of anilines is 1. The number of urea groups is 1. The van der Waals surface area contributed by atoms with Crippen molar-refractivity contribution in [3.8, 4) is 33.8 Å². The number of carboxylic acids is 1. The second-order valence-corrected chi connectivity index (χ2v) is 9.94. The summed E-state index contributed by atoms with van der Waals surface area (Å²) >= 11 is 0. The second-order valence-electron chi connectivity index (χ2n) is 9.94. The van der Waals surface area contributed by atoms with Gasteiger partial charge in [0.2, 0.25) is 0 Å². The predicted molar refractivity (Wildman–Crippen MR) is 157 cm³/mol. The van der Waals surface area contributed by atoms with E-state index in [2.05, 4.69) is 29.4 Å². The molecule has 0 bridgehead atoms. The number of hydrogen-bond acceptors (Lipinski definition) is 5. The third-order valence-electron chi connectivity index (χ3n) is 7.25. The fourth-order valence-corrected chi connectivity index (χ4v) is 5.06. The Labute approximate surface area is 237 Å². The number of nitrogens with zero attached hydrogens (tertiary/aromatic N) is 4. The van der Waals surface area contributed by atoms with Crippen molar-refractivity contribution in [2.75, 3.05) is 11.9 Å². The van der Waals surface area contributed by atoms with Crippen LogP contribution in [-0.2, 0) is 13.0 Å². The van der Waals surface area contributed by atoms with Crippen LogP contribution in [0.25, 0.3) is 33.8 Å². The molecule has 8 nitrogen and oxygen atoms in total. The van der Waals surface area contributed by atoms with Gasteiger partial charge >= 0.3 is 12.0 Å². The molecule has 6 rings (SSSR count). The Balaban J connectivity index is 1.27. The highest BCUT2D eigenvalue weighted by Gasteiger charge is 2.27. The van der Waals surface area contributed by atoms with Crippen LogP contribution >= 0.6 is 0 Å². The van der Waals surface area contributed by atoms with E-state index in [-0.39, 0.29) is 11.6 Å². The van der Waals surface area contributed by atoms with Gasteiger partial charge in [-0.05, 0) is 60.0 Å². The van der Waals surface area contributed by atoms with E-state index in [9.17, 15) is 14.7 Å². The van der Waals surface area contributed by atoms with Crippen molar-refractivity contribution < 1.29 is 14.7 Å². The van der Waals surface area contributed by atoms with Crippen molar-refractivity contribution in [3.05, 3.63) is 120 Å². The van der Waals surface area contributed by atoms with E-state index in [1.807, 2.05) is 48.5 Å². The van der Waals surface area contributed by atoms with Crippen LogP contribution in [-0.4, -0.2) is 43.5 Å². The Morgan fingerprint density at radius 3 is 2.44 bits per heavy atom. The molecular weight excluding hydrogens is 514 g/mol. The van der Waals surface area contributed by atoms with Crippen molar-refractivity contribution in [3.63, 3.8) is 0 Å². The number of pyridine rings is 1. The average molecular weight is 542 g/mol. The number of carbonyl (C=O) groups excluding carboxylic acids is 1. The van der Waals surface area contributed by atoms with Gasteiger partial charge in [-0.25, -0.2) is 19.6 Å². The molecule has 0 unspecified atom stereocenters. The van der Waals surface area contributed by atoms with Crippen LogP contribution in [0.2, 0.25) is 0 Å². The van der Waals surface area contributed by atoms with E-state index >= 15 is 0 Å². The molecule has 0 radical (unpaired) electrons. The minimum atomic E-state index is -0.968. The van der Waals surface area contributed by atoms with Crippen LogP contribution in [0.5, 0.6) is 0 Å². The van der Waals surface area contributed by atoms with Crippen LogP contribution in [0.3, 0.4) is 0 Å². The minimum absolute atomic E-state index is 0.207. The molecule has 1 aliphatic heterocycles. The highest BCUT2D eigenvalue weighted by atomic mass is 16.4. The summed E-state index contributed by atoms with van der Waals surface area (Å²) < 4.78 is 0. The van der Waals surface area contributed by atoms with E-state index in [4.69, 9.17) is 9.97 Å². The molecule has 1 aliphatic rings. The zero-order valence-corrected chi connectivity index (χ0v) is 22.4. The van der Waals surface area contributed by atoms with Crippen LogP contribution in [0.4, 0.5) is 10.5 Å². The molecule has 2 N–H and O–H groups in total. The largest absolute Gasteiger partial charge is 0.478 e. The quantitative estimate of drug-likeness (QED) is 0.264. The number of benzene rings is 3. The fraction of sp³-hybridized carbons (Fsp3) is 0.121. The van der Waals surface area contributed by atoms with E-state index in [0.29, 0.717) is 31.0 Å². The van der Waals surface area contributed by atoms with Gasteiger partial charge in [0.1, 0.15) is 0 Å². The monoisotopic (exact) mass is 541 g/mol. The summed E-state index contributed by atoms with van der Waals surface area (Å²) in [5.74, 6) is -0.342. The maximum atomic E-state index is 13.4. The molecule has 5 aromatic rings. The maximum absolute atomic E-state index is 13.4. The molecule has 3 aromatic carbocycles. The number of carboxylic acid groups (broad SMARTS) is 1. The van der Waals surface area contributed by atoms with Crippen molar-refractivity contribution in [2.24, 2.45) is 0 Å². The lowest BCUT2D eigenvalue weighted by Gasteiger charge is -2.30. The normalized spacial score (nSPS) is 12.5. The first-order valence-electron chi connectivity index (χ1n) is 13.3. The molecule has 0 saturated heterocycles. The third-order valence-corrected chi connectivity index (χ3v) is 7.25. The van der Waals surface area contributed by atoms with E-state index in [1.54, 1.807) is 41.6 Å².